The molecule has 0 aromatic carbocycles. The summed E-state index contributed by atoms with van der Waals surface area (Å²) in [4.78, 5) is 10.5. The maximum absolute atomic E-state index is 10.3. The Morgan fingerprint density at radius 1 is 0.720 bits per heavy atom. The Kier molecular flexibility index (Phi) is 9.43. The first-order valence-electron chi connectivity index (χ1n) is 6.71. The van der Waals surface area contributed by atoms with E-state index in [4.69, 9.17) is 45.6 Å². The molecule has 1 aromatic heterocycles. The van der Waals surface area contributed by atoms with Gasteiger partial charge >= 0.3 is 11.8 Å². The maximum Gasteiger partial charge on any atom is 0.345 e. The Labute approximate surface area is 145 Å². The van der Waals surface area contributed by atoms with Crippen LogP contribution in [0.2, 0.25) is 0 Å². The van der Waals surface area contributed by atoms with E-state index in [1.54, 1.807) is 0 Å². The van der Waals surface area contributed by atoms with Crippen LogP contribution in [0, 0.1) is 0 Å². The molecule has 0 amide bonds. The summed E-state index contributed by atoms with van der Waals surface area (Å²) in [5, 5.41) is 10.3. The smallest absolute Gasteiger partial charge is 0.345 e. The zero-order valence-corrected chi connectivity index (χ0v) is 15.0. The van der Waals surface area contributed by atoms with Crippen molar-refractivity contribution in [3.8, 4) is 0 Å². The minimum Gasteiger partial charge on any atom is -0.368 e. The number of aliphatic hydroxyl groups is 1. The second kappa shape index (κ2) is 10.2. The molecule has 0 fully saturated rings. The summed E-state index contributed by atoms with van der Waals surface area (Å²) in [6.45, 7) is 0. The number of methoxy groups -OCH3 is 6. The highest BCUT2D eigenvalue weighted by atomic mass is 16.9. The van der Waals surface area contributed by atoms with Crippen LogP contribution in [0.25, 0.3) is 0 Å². The van der Waals surface area contributed by atoms with Gasteiger partial charge in [-0.15, -0.1) is 0 Å². The Balaban J connectivity index is 0.000000535. The van der Waals surface area contributed by atoms with Crippen molar-refractivity contribution in [2.24, 2.45) is 0 Å². The van der Waals surface area contributed by atoms with Crippen molar-refractivity contribution in [1.29, 1.82) is 0 Å². The van der Waals surface area contributed by atoms with E-state index < -0.39 is 18.1 Å². The molecule has 0 spiro atoms. The van der Waals surface area contributed by atoms with Gasteiger partial charge < -0.3 is 50.7 Å². The molecule has 1 unspecified atom stereocenters. The fourth-order valence-electron chi connectivity index (χ4n) is 1.90. The molecule has 13 nitrogen and oxygen atoms in total. The van der Waals surface area contributed by atoms with Gasteiger partial charge in [-0.1, -0.05) is 0 Å². The topological polar surface area (TPSA) is 192 Å². The number of nitrogen functional groups attached to an aromatic ring is 3. The summed E-state index contributed by atoms with van der Waals surface area (Å²) >= 11 is 0. The zero-order chi connectivity index (χ0) is 19.7. The zero-order valence-electron chi connectivity index (χ0n) is 15.0. The van der Waals surface area contributed by atoms with E-state index in [9.17, 15) is 5.11 Å². The lowest BCUT2D eigenvalue weighted by atomic mass is 10.2. The summed E-state index contributed by atoms with van der Waals surface area (Å²) in [6.07, 6.45) is -1.16. The minimum atomic E-state index is -2.09. The Hall–Kier alpha value is -1.87. The van der Waals surface area contributed by atoms with Gasteiger partial charge in [-0.25, -0.2) is 0 Å². The van der Waals surface area contributed by atoms with Gasteiger partial charge in [0.15, 0.2) is 0 Å². The van der Waals surface area contributed by atoms with Crippen molar-refractivity contribution in [2.75, 3.05) is 59.9 Å². The maximum atomic E-state index is 10.3. The van der Waals surface area contributed by atoms with Crippen molar-refractivity contribution in [3.63, 3.8) is 0 Å². The highest BCUT2D eigenvalue weighted by Crippen LogP contribution is 2.33. The number of ether oxygens (including phenoxy) is 6. The van der Waals surface area contributed by atoms with Crippen LogP contribution < -0.4 is 17.2 Å². The molecule has 146 valence electrons. The van der Waals surface area contributed by atoms with Crippen LogP contribution >= 0.6 is 0 Å². The predicted molar refractivity (Wildman–Crippen MR) is 86.6 cm³/mol. The molecular weight excluding hydrogens is 340 g/mol. The third-order valence-corrected chi connectivity index (χ3v) is 2.99. The van der Waals surface area contributed by atoms with E-state index in [1.807, 2.05) is 0 Å². The third-order valence-electron chi connectivity index (χ3n) is 2.99. The van der Waals surface area contributed by atoms with Gasteiger partial charge in [-0.2, -0.15) is 15.0 Å². The molecule has 0 saturated carbocycles. The van der Waals surface area contributed by atoms with Crippen molar-refractivity contribution in [3.05, 3.63) is 0 Å². The van der Waals surface area contributed by atoms with Gasteiger partial charge in [0.25, 0.3) is 0 Å². The summed E-state index contributed by atoms with van der Waals surface area (Å²) in [7, 11) is 7.79. The average molecular weight is 366 g/mol. The van der Waals surface area contributed by atoms with Crippen LogP contribution in [0.15, 0.2) is 0 Å². The summed E-state index contributed by atoms with van der Waals surface area (Å²) in [6, 6.07) is 0. The molecule has 0 aliphatic rings. The minimum absolute atomic E-state index is 0.0417. The molecule has 1 heterocycles. The molecule has 0 bridgehead atoms. The quantitative estimate of drug-likeness (QED) is 0.375. The predicted octanol–water partition coefficient (Wildman–Crippen LogP) is -1.85. The van der Waals surface area contributed by atoms with Crippen molar-refractivity contribution < 1.29 is 33.5 Å². The van der Waals surface area contributed by atoms with Crippen molar-refractivity contribution in [1.82, 2.24) is 15.0 Å². The summed E-state index contributed by atoms with van der Waals surface area (Å²) in [5.74, 6) is -3.83. The largest absolute Gasteiger partial charge is 0.368 e. The van der Waals surface area contributed by atoms with Gasteiger partial charge in [-0.05, 0) is 0 Å². The highest BCUT2D eigenvalue weighted by Gasteiger charge is 2.60. The van der Waals surface area contributed by atoms with Crippen LogP contribution in [0.1, 0.15) is 0 Å². The second-order valence-corrected chi connectivity index (χ2v) is 4.28. The Morgan fingerprint density at radius 2 is 1.04 bits per heavy atom. The van der Waals surface area contributed by atoms with Crippen LogP contribution in [-0.2, 0) is 28.4 Å². The van der Waals surface area contributed by atoms with Crippen LogP contribution in [0.5, 0.6) is 0 Å². The van der Waals surface area contributed by atoms with E-state index in [2.05, 4.69) is 15.0 Å². The number of rotatable bonds is 8. The number of anilines is 3. The molecule has 7 N–H and O–H groups in total. The van der Waals surface area contributed by atoms with E-state index in [0.29, 0.717) is 0 Å². The van der Waals surface area contributed by atoms with Crippen LogP contribution in [-0.4, -0.2) is 80.8 Å². The normalized spacial score (nSPS) is 13.9. The van der Waals surface area contributed by atoms with Gasteiger partial charge in [0.05, 0.1) is 0 Å². The molecule has 13 heteroatoms. The number of hydrogen-bond acceptors (Lipinski definition) is 13. The standard InChI is InChI=1S/C9H20O7.C3H6N6/c1-11-7(12-2)8(10,13-3)9(14-4,15-5)16-6;4-1-7-2(5)9-3(6)8-1/h7,10H,1-6H3;(H6,4,5,6,7,8,9). The van der Waals surface area contributed by atoms with E-state index in [-0.39, 0.29) is 17.8 Å². The monoisotopic (exact) mass is 366 g/mol. The average Bonchev–Trinajstić information content (AvgIpc) is 2.57. The van der Waals surface area contributed by atoms with E-state index in [0.717, 1.165) is 0 Å². The van der Waals surface area contributed by atoms with E-state index >= 15 is 0 Å². The van der Waals surface area contributed by atoms with Crippen molar-refractivity contribution in [2.45, 2.75) is 18.1 Å². The van der Waals surface area contributed by atoms with E-state index in [1.165, 1.54) is 42.7 Å². The number of aromatic nitrogens is 3. The van der Waals surface area contributed by atoms with Gasteiger partial charge in [0, 0.05) is 42.7 Å². The first-order chi connectivity index (χ1) is 11.7. The third kappa shape index (κ3) is 5.30. The first-order valence-corrected chi connectivity index (χ1v) is 6.71. The fourth-order valence-corrected chi connectivity index (χ4v) is 1.90. The molecule has 25 heavy (non-hydrogen) atoms. The lowest BCUT2D eigenvalue weighted by Gasteiger charge is -2.43. The second-order valence-electron chi connectivity index (χ2n) is 4.28. The summed E-state index contributed by atoms with van der Waals surface area (Å²) in [5.41, 5.74) is 15.4. The van der Waals surface area contributed by atoms with Crippen LogP contribution in [0.4, 0.5) is 17.8 Å². The Morgan fingerprint density at radius 3 is 1.24 bits per heavy atom. The molecular formula is C12H26N6O7. The molecule has 0 aliphatic carbocycles. The van der Waals surface area contributed by atoms with Gasteiger partial charge in [-0.3, -0.25) is 0 Å². The molecule has 1 atom stereocenters. The lowest BCUT2D eigenvalue weighted by Crippen LogP contribution is -2.66. The first kappa shape index (κ1) is 23.1. The lowest BCUT2D eigenvalue weighted by molar-refractivity contribution is -0.505. The molecule has 1 aromatic rings. The summed E-state index contributed by atoms with van der Waals surface area (Å²) < 4.78 is 29.8. The van der Waals surface area contributed by atoms with Gasteiger partial charge in [0.1, 0.15) is 0 Å². The molecule has 1 rings (SSSR count). The number of nitrogens with two attached hydrogens (primary N) is 3. The molecule has 0 saturated heterocycles. The van der Waals surface area contributed by atoms with Crippen LogP contribution in [0.3, 0.4) is 0 Å². The molecule has 0 radical (unpaired) electrons. The van der Waals surface area contributed by atoms with Crippen molar-refractivity contribution >= 4 is 17.8 Å². The number of nitrogens with zero attached hydrogens (tertiary/aromatic N) is 3. The molecule has 0 aliphatic heterocycles. The fraction of sp³-hybridized carbons (Fsp3) is 0.750. The Bertz CT molecular complexity index is 456. The number of hydrogen-bond donors (Lipinski definition) is 4. The van der Waals surface area contributed by atoms with Gasteiger partial charge in [0.2, 0.25) is 24.1 Å². The highest BCUT2D eigenvalue weighted by molar-refractivity contribution is 5.33. The SMILES string of the molecule is COC(OC)C(O)(OC)C(OC)(OC)OC.Nc1nc(N)nc(N)n1.